The standard InChI is InChI=1S/C16H25N3O3/c1-5-19(10-15(20)17-12(2)3)11-16(21)18-13-8-6-7-9-14(13)22-4/h6-9,12H,5,10-11H2,1-4H3,(H,17,20)(H,18,21). The van der Waals surface area contributed by atoms with Gasteiger partial charge in [0.1, 0.15) is 5.75 Å². The second kappa shape index (κ2) is 9.04. The number of hydrogen-bond acceptors (Lipinski definition) is 4. The van der Waals surface area contributed by atoms with Gasteiger partial charge in [-0.25, -0.2) is 0 Å². The highest BCUT2D eigenvalue weighted by Crippen LogP contribution is 2.22. The van der Waals surface area contributed by atoms with Crippen LogP contribution in [0.5, 0.6) is 5.75 Å². The quantitative estimate of drug-likeness (QED) is 0.763. The molecule has 0 aliphatic heterocycles. The number of nitrogens with one attached hydrogen (secondary N) is 2. The molecule has 6 heteroatoms. The summed E-state index contributed by atoms with van der Waals surface area (Å²) in [6.07, 6.45) is 0. The van der Waals surface area contributed by atoms with Crippen molar-refractivity contribution in [3.05, 3.63) is 24.3 Å². The highest BCUT2D eigenvalue weighted by molar-refractivity contribution is 5.94. The average Bonchev–Trinajstić information content (AvgIpc) is 2.46. The minimum atomic E-state index is -0.177. The summed E-state index contributed by atoms with van der Waals surface area (Å²) in [6.45, 7) is 6.70. The number of rotatable bonds is 8. The maximum atomic E-state index is 12.1. The van der Waals surface area contributed by atoms with Crippen LogP contribution in [0.4, 0.5) is 5.69 Å². The Labute approximate surface area is 131 Å². The van der Waals surface area contributed by atoms with Gasteiger partial charge in [-0.05, 0) is 32.5 Å². The van der Waals surface area contributed by atoms with E-state index in [2.05, 4.69) is 10.6 Å². The van der Waals surface area contributed by atoms with Gasteiger partial charge in [-0.1, -0.05) is 19.1 Å². The summed E-state index contributed by atoms with van der Waals surface area (Å²) in [7, 11) is 1.56. The fourth-order valence-corrected chi connectivity index (χ4v) is 1.99. The van der Waals surface area contributed by atoms with Gasteiger partial charge in [0.25, 0.3) is 0 Å². The Morgan fingerprint density at radius 3 is 2.41 bits per heavy atom. The van der Waals surface area contributed by atoms with E-state index in [-0.39, 0.29) is 30.9 Å². The van der Waals surface area contributed by atoms with E-state index in [1.165, 1.54) is 0 Å². The highest BCUT2D eigenvalue weighted by atomic mass is 16.5. The predicted molar refractivity (Wildman–Crippen MR) is 87.0 cm³/mol. The van der Waals surface area contributed by atoms with Crippen molar-refractivity contribution in [2.45, 2.75) is 26.8 Å². The summed E-state index contributed by atoms with van der Waals surface area (Å²) < 4.78 is 5.19. The van der Waals surface area contributed by atoms with Gasteiger partial charge in [0, 0.05) is 6.04 Å². The molecule has 0 radical (unpaired) electrons. The zero-order chi connectivity index (χ0) is 16.5. The Morgan fingerprint density at radius 1 is 1.18 bits per heavy atom. The predicted octanol–water partition coefficient (Wildman–Crippen LogP) is 1.48. The fourth-order valence-electron chi connectivity index (χ4n) is 1.99. The van der Waals surface area contributed by atoms with Crippen molar-refractivity contribution < 1.29 is 14.3 Å². The maximum absolute atomic E-state index is 12.1. The second-order valence-corrected chi connectivity index (χ2v) is 5.27. The Morgan fingerprint density at radius 2 is 1.82 bits per heavy atom. The zero-order valence-electron chi connectivity index (χ0n) is 13.7. The molecule has 1 rings (SSSR count). The lowest BCUT2D eigenvalue weighted by Gasteiger charge is -2.20. The molecule has 122 valence electrons. The van der Waals surface area contributed by atoms with Crippen LogP contribution in [0.15, 0.2) is 24.3 Å². The molecule has 0 aliphatic carbocycles. The van der Waals surface area contributed by atoms with Gasteiger partial charge in [-0.2, -0.15) is 0 Å². The van der Waals surface area contributed by atoms with E-state index in [0.29, 0.717) is 18.0 Å². The monoisotopic (exact) mass is 307 g/mol. The molecule has 0 saturated heterocycles. The zero-order valence-corrected chi connectivity index (χ0v) is 13.7. The number of methoxy groups -OCH3 is 1. The fraction of sp³-hybridized carbons (Fsp3) is 0.500. The summed E-state index contributed by atoms with van der Waals surface area (Å²) >= 11 is 0. The van der Waals surface area contributed by atoms with Crippen LogP contribution >= 0.6 is 0 Å². The summed E-state index contributed by atoms with van der Waals surface area (Å²) in [6, 6.07) is 7.31. The van der Waals surface area contributed by atoms with Crippen molar-refractivity contribution in [2.75, 3.05) is 32.1 Å². The van der Waals surface area contributed by atoms with Gasteiger partial charge >= 0.3 is 0 Å². The van der Waals surface area contributed by atoms with E-state index in [0.717, 1.165) is 0 Å². The number of benzene rings is 1. The third kappa shape index (κ3) is 6.13. The minimum absolute atomic E-state index is 0.0815. The van der Waals surface area contributed by atoms with Crippen LogP contribution in [0.1, 0.15) is 20.8 Å². The number of amides is 2. The molecule has 0 bridgehead atoms. The smallest absolute Gasteiger partial charge is 0.238 e. The molecule has 0 spiro atoms. The lowest BCUT2D eigenvalue weighted by atomic mass is 10.3. The largest absolute Gasteiger partial charge is 0.495 e. The number of carbonyl (C=O) groups is 2. The molecule has 0 saturated carbocycles. The summed E-state index contributed by atoms with van der Waals surface area (Å²) in [5.74, 6) is 0.349. The van der Waals surface area contributed by atoms with Gasteiger partial charge in [0.05, 0.1) is 25.9 Å². The normalized spacial score (nSPS) is 10.6. The lowest BCUT2D eigenvalue weighted by molar-refractivity contribution is -0.123. The van der Waals surface area contributed by atoms with Crippen LogP contribution in [0.25, 0.3) is 0 Å². The molecule has 0 aliphatic rings. The Hall–Kier alpha value is -2.08. The van der Waals surface area contributed by atoms with Crippen molar-refractivity contribution in [2.24, 2.45) is 0 Å². The van der Waals surface area contributed by atoms with E-state index >= 15 is 0 Å². The molecule has 0 aromatic heterocycles. The highest BCUT2D eigenvalue weighted by Gasteiger charge is 2.14. The van der Waals surface area contributed by atoms with E-state index < -0.39 is 0 Å². The number of carbonyl (C=O) groups excluding carboxylic acids is 2. The number of hydrogen-bond donors (Lipinski definition) is 2. The number of likely N-dealkylation sites (N-methyl/N-ethyl adjacent to an activating group) is 1. The first-order valence-electron chi connectivity index (χ1n) is 7.40. The number of nitrogens with zero attached hydrogens (tertiary/aromatic N) is 1. The molecule has 1 aromatic rings. The van der Waals surface area contributed by atoms with Crippen LogP contribution in [0, 0.1) is 0 Å². The van der Waals surface area contributed by atoms with E-state index in [1.54, 1.807) is 24.1 Å². The first-order valence-corrected chi connectivity index (χ1v) is 7.40. The van der Waals surface area contributed by atoms with Crippen LogP contribution in [-0.2, 0) is 9.59 Å². The number of anilines is 1. The molecule has 0 heterocycles. The molecular weight excluding hydrogens is 282 g/mol. The van der Waals surface area contributed by atoms with Crippen LogP contribution in [-0.4, -0.2) is 49.5 Å². The summed E-state index contributed by atoms with van der Waals surface area (Å²) in [5.41, 5.74) is 0.623. The Bertz CT molecular complexity index is 503. The number of para-hydroxylation sites is 2. The van der Waals surface area contributed by atoms with Gasteiger partial charge < -0.3 is 15.4 Å². The van der Waals surface area contributed by atoms with Crippen LogP contribution < -0.4 is 15.4 Å². The second-order valence-electron chi connectivity index (χ2n) is 5.27. The molecule has 0 unspecified atom stereocenters. The van der Waals surface area contributed by atoms with Gasteiger partial charge in [0.15, 0.2) is 0 Å². The Balaban J connectivity index is 2.56. The van der Waals surface area contributed by atoms with Crippen molar-refractivity contribution in [3.8, 4) is 5.75 Å². The SMILES string of the molecule is CCN(CC(=O)Nc1ccccc1OC)CC(=O)NC(C)C. The van der Waals surface area contributed by atoms with Crippen molar-refractivity contribution in [1.82, 2.24) is 10.2 Å². The third-order valence-corrected chi connectivity index (χ3v) is 3.01. The van der Waals surface area contributed by atoms with Crippen molar-refractivity contribution in [1.29, 1.82) is 0 Å². The Kier molecular flexibility index (Phi) is 7.39. The average molecular weight is 307 g/mol. The van der Waals surface area contributed by atoms with E-state index in [1.807, 2.05) is 32.9 Å². The lowest BCUT2D eigenvalue weighted by Crippen LogP contribution is -2.42. The van der Waals surface area contributed by atoms with Gasteiger partial charge in [-0.15, -0.1) is 0 Å². The molecule has 6 nitrogen and oxygen atoms in total. The van der Waals surface area contributed by atoms with Gasteiger partial charge in [0.2, 0.25) is 11.8 Å². The third-order valence-electron chi connectivity index (χ3n) is 3.01. The van der Waals surface area contributed by atoms with Crippen LogP contribution in [0.2, 0.25) is 0 Å². The molecule has 2 N–H and O–H groups in total. The molecule has 2 amide bonds. The topological polar surface area (TPSA) is 70.7 Å². The summed E-state index contributed by atoms with van der Waals surface area (Å²) in [4.78, 5) is 25.7. The van der Waals surface area contributed by atoms with E-state index in [9.17, 15) is 9.59 Å². The first-order chi connectivity index (χ1) is 10.5. The van der Waals surface area contributed by atoms with Crippen LogP contribution in [0.3, 0.4) is 0 Å². The molecule has 0 atom stereocenters. The number of ether oxygens (including phenoxy) is 1. The molecular formula is C16H25N3O3. The molecule has 0 fully saturated rings. The summed E-state index contributed by atoms with van der Waals surface area (Å²) in [5, 5.41) is 5.62. The van der Waals surface area contributed by atoms with Crippen molar-refractivity contribution in [3.63, 3.8) is 0 Å². The minimum Gasteiger partial charge on any atom is -0.495 e. The maximum Gasteiger partial charge on any atom is 0.238 e. The van der Waals surface area contributed by atoms with E-state index in [4.69, 9.17) is 4.74 Å². The van der Waals surface area contributed by atoms with Gasteiger partial charge in [-0.3, -0.25) is 14.5 Å². The molecule has 1 aromatic carbocycles. The van der Waals surface area contributed by atoms with Crippen molar-refractivity contribution >= 4 is 17.5 Å². The molecule has 22 heavy (non-hydrogen) atoms. The first kappa shape index (κ1) is 18.0.